The lowest BCUT2D eigenvalue weighted by molar-refractivity contribution is -0.111. The summed E-state index contributed by atoms with van der Waals surface area (Å²) in [5.41, 5.74) is 1.97. The average Bonchev–Trinajstić information content (AvgIpc) is 3.34. The molecule has 10 heteroatoms. The molecule has 3 aromatic rings. The molecule has 0 atom stereocenters. The van der Waals surface area contributed by atoms with Crippen molar-refractivity contribution in [2.75, 3.05) is 19.2 Å². The van der Waals surface area contributed by atoms with Crippen LogP contribution < -0.4 is 29.6 Å². The van der Waals surface area contributed by atoms with Gasteiger partial charge in [0.1, 0.15) is 0 Å². The molecule has 0 unspecified atom stereocenters. The largest absolute Gasteiger partial charge is 0.493 e. The predicted octanol–water partition coefficient (Wildman–Crippen LogP) is 4.61. The Morgan fingerprint density at radius 3 is 2.64 bits per heavy atom. The number of methoxy groups -OCH3 is 1. The topological polar surface area (TPSA) is 95.1 Å². The molecule has 8 nitrogen and oxygen atoms in total. The molecule has 0 bridgehead atoms. The normalized spacial score (nSPS) is 12.0. The molecule has 1 aliphatic rings. The molecule has 0 radical (unpaired) electrons. The van der Waals surface area contributed by atoms with Crippen LogP contribution in [0, 0.1) is 0 Å². The van der Waals surface area contributed by atoms with Gasteiger partial charge in [0, 0.05) is 12.6 Å². The fourth-order valence-electron chi connectivity index (χ4n) is 3.45. The summed E-state index contributed by atoms with van der Waals surface area (Å²) in [5, 5.41) is 5.51. The molecule has 1 heterocycles. The van der Waals surface area contributed by atoms with Crippen LogP contribution >= 0.6 is 0 Å². The molecule has 3 aromatic carbocycles. The number of benzene rings is 3. The minimum atomic E-state index is -2.99. The van der Waals surface area contributed by atoms with E-state index >= 15 is 0 Å². The van der Waals surface area contributed by atoms with Crippen molar-refractivity contribution in [3.8, 4) is 23.0 Å². The van der Waals surface area contributed by atoms with Gasteiger partial charge in [-0.2, -0.15) is 8.78 Å². The summed E-state index contributed by atoms with van der Waals surface area (Å²) in [6, 6.07) is 16.3. The lowest BCUT2D eigenvalue weighted by atomic mass is 10.1. The first kappa shape index (κ1) is 24.5. The third-order valence-electron chi connectivity index (χ3n) is 5.15. The number of rotatable bonds is 9. The standard InChI is InChI=1S/C26H22F2N2O6/c1-33-22-12-16(6-10-21(22)36-26(27)28)8-11-24(31)30-19-5-3-2-4-18(19)25(32)29-14-17-7-9-20-23(13-17)35-15-34-20/h2-13,26H,14-15H2,1H3,(H,29,32)(H,30,31). The number of halogens is 2. The number of amides is 2. The Morgan fingerprint density at radius 2 is 1.83 bits per heavy atom. The van der Waals surface area contributed by atoms with Crippen molar-refractivity contribution < 1.29 is 37.3 Å². The third kappa shape index (κ3) is 6.09. The summed E-state index contributed by atoms with van der Waals surface area (Å²) >= 11 is 0. The minimum absolute atomic E-state index is 0.0994. The van der Waals surface area contributed by atoms with E-state index in [9.17, 15) is 18.4 Å². The van der Waals surface area contributed by atoms with E-state index in [1.807, 2.05) is 6.07 Å². The molecule has 36 heavy (non-hydrogen) atoms. The van der Waals surface area contributed by atoms with Crippen molar-refractivity contribution in [1.29, 1.82) is 0 Å². The Morgan fingerprint density at radius 1 is 1.03 bits per heavy atom. The Balaban J connectivity index is 1.39. The molecule has 0 fully saturated rings. The highest BCUT2D eigenvalue weighted by molar-refractivity contribution is 6.07. The molecule has 0 aromatic heterocycles. The van der Waals surface area contributed by atoms with Crippen molar-refractivity contribution in [2.45, 2.75) is 13.2 Å². The number of hydrogen-bond acceptors (Lipinski definition) is 6. The number of carbonyl (C=O) groups excluding carboxylic acids is 2. The van der Waals surface area contributed by atoms with Gasteiger partial charge in [-0.15, -0.1) is 0 Å². The Labute approximate surface area is 205 Å². The molecule has 0 aliphatic carbocycles. The molecule has 186 valence electrons. The maximum absolute atomic E-state index is 12.8. The van der Waals surface area contributed by atoms with Crippen LogP contribution in [-0.4, -0.2) is 32.3 Å². The first-order valence-electron chi connectivity index (χ1n) is 10.8. The van der Waals surface area contributed by atoms with Crippen molar-refractivity contribution in [3.05, 3.63) is 83.4 Å². The second-order valence-corrected chi connectivity index (χ2v) is 7.53. The Bertz CT molecular complexity index is 1300. The van der Waals surface area contributed by atoms with E-state index in [0.29, 0.717) is 22.7 Å². The number of nitrogens with one attached hydrogen (secondary N) is 2. The van der Waals surface area contributed by atoms with E-state index < -0.39 is 12.5 Å². The summed E-state index contributed by atoms with van der Waals surface area (Å²) in [6.07, 6.45) is 2.73. The zero-order valence-corrected chi connectivity index (χ0v) is 19.1. The Hall–Kier alpha value is -4.60. The number of hydrogen-bond donors (Lipinski definition) is 2. The molecule has 0 saturated carbocycles. The summed E-state index contributed by atoms with van der Waals surface area (Å²) in [7, 11) is 1.32. The first-order valence-corrected chi connectivity index (χ1v) is 10.8. The van der Waals surface area contributed by atoms with Crippen LogP contribution in [0.3, 0.4) is 0 Å². The van der Waals surface area contributed by atoms with Crippen molar-refractivity contribution in [2.24, 2.45) is 0 Å². The van der Waals surface area contributed by atoms with Gasteiger partial charge in [-0.25, -0.2) is 0 Å². The second-order valence-electron chi connectivity index (χ2n) is 7.53. The molecule has 0 saturated heterocycles. The van der Waals surface area contributed by atoms with Crippen molar-refractivity contribution in [3.63, 3.8) is 0 Å². The average molecular weight is 496 g/mol. The maximum atomic E-state index is 12.8. The van der Waals surface area contributed by atoms with Gasteiger partial charge in [0.2, 0.25) is 12.7 Å². The van der Waals surface area contributed by atoms with E-state index in [4.69, 9.17) is 14.2 Å². The van der Waals surface area contributed by atoms with Gasteiger partial charge >= 0.3 is 6.61 Å². The SMILES string of the molecule is COc1cc(C=CC(=O)Nc2ccccc2C(=O)NCc2ccc3c(c2)OCO3)ccc1OC(F)F. The third-order valence-corrected chi connectivity index (χ3v) is 5.15. The number of alkyl halides is 2. The highest BCUT2D eigenvalue weighted by Crippen LogP contribution is 2.32. The van der Waals surface area contributed by atoms with E-state index in [0.717, 1.165) is 5.56 Å². The van der Waals surface area contributed by atoms with Gasteiger partial charge in [0.15, 0.2) is 23.0 Å². The monoisotopic (exact) mass is 496 g/mol. The fraction of sp³-hybridized carbons (Fsp3) is 0.154. The molecule has 1 aliphatic heterocycles. The van der Waals surface area contributed by atoms with E-state index in [2.05, 4.69) is 15.4 Å². The molecule has 2 N–H and O–H groups in total. The number of carbonyl (C=O) groups is 2. The number of ether oxygens (including phenoxy) is 4. The molecule has 2 amide bonds. The van der Waals surface area contributed by atoms with Crippen LogP contribution in [0.5, 0.6) is 23.0 Å². The van der Waals surface area contributed by atoms with Gasteiger partial charge < -0.3 is 29.6 Å². The number of fused-ring (bicyclic) bond motifs is 1. The minimum Gasteiger partial charge on any atom is -0.493 e. The van der Waals surface area contributed by atoms with Crippen LogP contribution in [-0.2, 0) is 11.3 Å². The lowest BCUT2D eigenvalue weighted by Gasteiger charge is -2.11. The smallest absolute Gasteiger partial charge is 0.387 e. The van der Waals surface area contributed by atoms with Gasteiger partial charge in [-0.3, -0.25) is 9.59 Å². The quantitative estimate of drug-likeness (QED) is 0.421. The summed E-state index contributed by atoms with van der Waals surface area (Å²) in [6.45, 7) is -2.57. The van der Waals surface area contributed by atoms with Crippen molar-refractivity contribution >= 4 is 23.6 Å². The van der Waals surface area contributed by atoms with E-state index in [1.54, 1.807) is 36.4 Å². The van der Waals surface area contributed by atoms with Crippen LogP contribution in [0.1, 0.15) is 21.5 Å². The van der Waals surface area contributed by atoms with Gasteiger partial charge in [-0.05, 0) is 53.6 Å². The molecule has 4 rings (SSSR count). The van der Waals surface area contributed by atoms with Crippen LogP contribution in [0.4, 0.5) is 14.5 Å². The zero-order valence-electron chi connectivity index (χ0n) is 19.1. The van der Waals surface area contributed by atoms with Gasteiger partial charge in [-0.1, -0.05) is 24.3 Å². The maximum Gasteiger partial charge on any atom is 0.387 e. The van der Waals surface area contributed by atoms with Crippen LogP contribution in [0.2, 0.25) is 0 Å². The first-order chi connectivity index (χ1) is 17.4. The Kier molecular flexibility index (Phi) is 7.64. The van der Waals surface area contributed by atoms with E-state index in [1.165, 1.54) is 37.5 Å². The fourth-order valence-corrected chi connectivity index (χ4v) is 3.45. The summed E-state index contributed by atoms with van der Waals surface area (Å²) < 4.78 is 45.1. The molecular weight excluding hydrogens is 474 g/mol. The number of para-hydroxylation sites is 1. The summed E-state index contributed by atoms with van der Waals surface area (Å²) in [5.74, 6) is 0.402. The van der Waals surface area contributed by atoms with Crippen molar-refractivity contribution in [1.82, 2.24) is 5.32 Å². The lowest BCUT2D eigenvalue weighted by Crippen LogP contribution is -2.24. The van der Waals surface area contributed by atoms with Crippen LogP contribution in [0.25, 0.3) is 6.08 Å². The number of anilines is 1. The van der Waals surface area contributed by atoms with Crippen LogP contribution in [0.15, 0.2) is 66.7 Å². The van der Waals surface area contributed by atoms with Gasteiger partial charge in [0.25, 0.3) is 5.91 Å². The van der Waals surface area contributed by atoms with E-state index in [-0.39, 0.29) is 36.3 Å². The van der Waals surface area contributed by atoms with Gasteiger partial charge in [0.05, 0.1) is 18.4 Å². The molecular formula is C26H22F2N2O6. The second kappa shape index (κ2) is 11.2. The highest BCUT2D eigenvalue weighted by atomic mass is 19.3. The zero-order chi connectivity index (χ0) is 25.5. The predicted molar refractivity (Wildman–Crippen MR) is 127 cm³/mol. The summed E-state index contributed by atoms with van der Waals surface area (Å²) in [4.78, 5) is 25.3. The highest BCUT2D eigenvalue weighted by Gasteiger charge is 2.15. The molecule has 0 spiro atoms.